The van der Waals surface area contributed by atoms with Crippen LogP contribution in [0.5, 0.6) is 0 Å². The Labute approximate surface area is 120 Å². The van der Waals surface area contributed by atoms with Gasteiger partial charge in [-0.2, -0.15) is 0 Å². The molecule has 2 aliphatic rings. The Morgan fingerprint density at radius 2 is 1.75 bits per heavy atom. The second-order valence-corrected chi connectivity index (χ2v) is 6.22. The van der Waals surface area contributed by atoms with Gasteiger partial charge in [-0.25, -0.2) is 4.79 Å². The number of carboxylic acid groups (broad SMARTS) is 1. The first-order chi connectivity index (χ1) is 9.55. The van der Waals surface area contributed by atoms with E-state index in [1.165, 1.54) is 0 Å². The van der Waals surface area contributed by atoms with Crippen LogP contribution in [0.1, 0.15) is 64.7 Å². The number of carbonyl (C=O) groups is 2. The zero-order chi connectivity index (χ0) is 14.6. The summed E-state index contributed by atoms with van der Waals surface area (Å²) in [6.45, 7) is 2.82. The zero-order valence-corrected chi connectivity index (χ0v) is 12.3. The predicted octanol–water partition coefficient (Wildman–Crippen LogP) is 1.81. The first kappa shape index (κ1) is 15.3. The summed E-state index contributed by atoms with van der Waals surface area (Å²) in [6.07, 6.45) is 7.44. The lowest BCUT2D eigenvalue weighted by Gasteiger charge is -2.35. The van der Waals surface area contributed by atoms with Crippen LogP contribution in [0.3, 0.4) is 0 Å². The van der Waals surface area contributed by atoms with Crippen LogP contribution in [0.15, 0.2) is 0 Å². The fourth-order valence-electron chi connectivity index (χ4n) is 3.52. The fraction of sp³-hybridized carbons (Fsp3) is 0.867. The molecule has 1 heterocycles. The SMILES string of the molecule is CCC1(C(=O)NC2(C(=O)O)CCCCCC2)CCCN1. The Morgan fingerprint density at radius 3 is 2.20 bits per heavy atom. The molecule has 114 valence electrons. The van der Waals surface area contributed by atoms with E-state index in [0.717, 1.165) is 45.1 Å². The molecule has 0 aromatic carbocycles. The number of carboxylic acids is 1. The summed E-state index contributed by atoms with van der Waals surface area (Å²) in [4.78, 5) is 24.4. The Balaban J connectivity index is 2.15. The Morgan fingerprint density at radius 1 is 1.10 bits per heavy atom. The normalized spacial score (nSPS) is 29.6. The number of hydrogen-bond acceptors (Lipinski definition) is 3. The first-order valence-corrected chi connectivity index (χ1v) is 7.86. The highest BCUT2D eigenvalue weighted by atomic mass is 16.4. The summed E-state index contributed by atoms with van der Waals surface area (Å²) in [5.41, 5.74) is -1.62. The van der Waals surface area contributed by atoms with E-state index in [1.54, 1.807) is 0 Å². The molecule has 0 spiro atoms. The molecule has 1 amide bonds. The molecule has 1 saturated carbocycles. The lowest BCUT2D eigenvalue weighted by atomic mass is 9.86. The summed E-state index contributed by atoms with van der Waals surface area (Å²) >= 11 is 0. The van der Waals surface area contributed by atoms with Gasteiger partial charge in [-0.3, -0.25) is 4.79 Å². The highest BCUT2D eigenvalue weighted by Gasteiger charge is 2.46. The van der Waals surface area contributed by atoms with Crippen LogP contribution in [0.2, 0.25) is 0 Å². The maximum atomic E-state index is 12.7. The van der Waals surface area contributed by atoms with Gasteiger partial charge in [0.25, 0.3) is 0 Å². The molecule has 3 N–H and O–H groups in total. The summed E-state index contributed by atoms with van der Waals surface area (Å²) in [5.74, 6) is -1.00. The molecule has 2 rings (SSSR count). The summed E-state index contributed by atoms with van der Waals surface area (Å²) in [7, 11) is 0. The monoisotopic (exact) mass is 282 g/mol. The molecule has 0 aromatic heterocycles. The van der Waals surface area contributed by atoms with Crippen molar-refractivity contribution in [2.45, 2.75) is 75.8 Å². The maximum absolute atomic E-state index is 12.7. The first-order valence-electron chi connectivity index (χ1n) is 7.86. The van der Waals surface area contributed by atoms with Gasteiger partial charge < -0.3 is 15.7 Å². The second-order valence-electron chi connectivity index (χ2n) is 6.22. The van der Waals surface area contributed by atoms with Crippen LogP contribution in [0.25, 0.3) is 0 Å². The molecule has 1 atom stereocenters. The molecule has 2 fully saturated rings. The molecule has 20 heavy (non-hydrogen) atoms. The maximum Gasteiger partial charge on any atom is 0.329 e. The van der Waals surface area contributed by atoms with Crippen molar-refractivity contribution in [2.75, 3.05) is 6.54 Å². The third kappa shape index (κ3) is 2.82. The van der Waals surface area contributed by atoms with Crippen molar-refractivity contribution < 1.29 is 14.7 Å². The van der Waals surface area contributed by atoms with E-state index in [1.807, 2.05) is 6.92 Å². The molecular formula is C15H26N2O3. The number of nitrogens with one attached hydrogen (secondary N) is 2. The van der Waals surface area contributed by atoms with Crippen LogP contribution in [0.4, 0.5) is 0 Å². The minimum absolute atomic E-state index is 0.123. The number of amides is 1. The molecule has 0 aromatic rings. The number of hydrogen-bond donors (Lipinski definition) is 3. The molecule has 5 heteroatoms. The number of aliphatic carboxylic acids is 1. The van der Waals surface area contributed by atoms with Crippen molar-refractivity contribution in [1.29, 1.82) is 0 Å². The van der Waals surface area contributed by atoms with Gasteiger partial charge in [-0.05, 0) is 38.6 Å². The van der Waals surface area contributed by atoms with Gasteiger partial charge in [0.05, 0.1) is 5.54 Å². The molecule has 0 radical (unpaired) electrons. The largest absolute Gasteiger partial charge is 0.480 e. The molecule has 1 saturated heterocycles. The van der Waals surface area contributed by atoms with Crippen molar-refractivity contribution in [1.82, 2.24) is 10.6 Å². The standard InChI is InChI=1S/C15H26N2O3/c1-2-14(10-7-11-16-14)12(18)17-15(13(19)20)8-5-3-4-6-9-15/h16H,2-11H2,1H3,(H,17,18)(H,19,20). The van der Waals surface area contributed by atoms with Crippen LogP contribution in [-0.4, -0.2) is 34.6 Å². The van der Waals surface area contributed by atoms with Crippen LogP contribution >= 0.6 is 0 Å². The van der Waals surface area contributed by atoms with Crippen LogP contribution in [-0.2, 0) is 9.59 Å². The summed E-state index contributed by atoms with van der Waals surface area (Å²) in [6, 6.07) is 0. The van der Waals surface area contributed by atoms with E-state index in [0.29, 0.717) is 19.3 Å². The zero-order valence-electron chi connectivity index (χ0n) is 12.3. The molecule has 5 nitrogen and oxygen atoms in total. The van der Waals surface area contributed by atoms with Crippen molar-refractivity contribution in [3.8, 4) is 0 Å². The number of rotatable bonds is 4. The van der Waals surface area contributed by atoms with E-state index in [4.69, 9.17) is 0 Å². The lowest BCUT2D eigenvalue weighted by molar-refractivity contribution is -0.149. The van der Waals surface area contributed by atoms with E-state index in [-0.39, 0.29) is 5.91 Å². The Kier molecular flexibility index (Phi) is 4.68. The average Bonchev–Trinajstić information content (AvgIpc) is 2.80. The predicted molar refractivity (Wildman–Crippen MR) is 76.5 cm³/mol. The van der Waals surface area contributed by atoms with Gasteiger partial charge >= 0.3 is 5.97 Å². The van der Waals surface area contributed by atoms with Gasteiger partial charge in [0.2, 0.25) is 5.91 Å². The summed E-state index contributed by atoms with van der Waals surface area (Å²) < 4.78 is 0. The van der Waals surface area contributed by atoms with E-state index in [9.17, 15) is 14.7 Å². The smallest absolute Gasteiger partial charge is 0.329 e. The second kappa shape index (κ2) is 6.12. The molecule has 1 unspecified atom stereocenters. The Bertz CT molecular complexity index is 367. The quantitative estimate of drug-likeness (QED) is 0.687. The van der Waals surface area contributed by atoms with E-state index >= 15 is 0 Å². The minimum atomic E-state index is -1.06. The van der Waals surface area contributed by atoms with Gasteiger partial charge in [0, 0.05) is 0 Å². The molecule has 1 aliphatic carbocycles. The topological polar surface area (TPSA) is 78.4 Å². The van der Waals surface area contributed by atoms with Gasteiger partial charge in [0.1, 0.15) is 5.54 Å². The van der Waals surface area contributed by atoms with Gasteiger partial charge in [-0.1, -0.05) is 32.6 Å². The van der Waals surface area contributed by atoms with Crippen molar-refractivity contribution in [3.05, 3.63) is 0 Å². The molecule has 0 bridgehead atoms. The Hall–Kier alpha value is -1.10. The molecule has 1 aliphatic heterocycles. The van der Waals surface area contributed by atoms with Gasteiger partial charge in [0.15, 0.2) is 0 Å². The van der Waals surface area contributed by atoms with E-state index in [2.05, 4.69) is 10.6 Å². The van der Waals surface area contributed by atoms with Crippen LogP contribution < -0.4 is 10.6 Å². The highest BCUT2D eigenvalue weighted by Crippen LogP contribution is 2.30. The minimum Gasteiger partial charge on any atom is -0.480 e. The van der Waals surface area contributed by atoms with Crippen molar-refractivity contribution >= 4 is 11.9 Å². The van der Waals surface area contributed by atoms with Crippen LogP contribution in [0, 0.1) is 0 Å². The van der Waals surface area contributed by atoms with Gasteiger partial charge in [-0.15, -0.1) is 0 Å². The van der Waals surface area contributed by atoms with Crippen molar-refractivity contribution in [2.24, 2.45) is 0 Å². The highest BCUT2D eigenvalue weighted by molar-refractivity contribution is 5.92. The molecular weight excluding hydrogens is 256 g/mol. The number of carbonyl (C=O) groups excluding carboxylic acids is 1. The van der Waals surface area contributed by atoms with Crippen molar-refractivity contribution in [3.63, 3.8) is 0 Å². The van der Waals surface area contributed by atoms with E-state index < -0.39 is 17.0 Å². The fourth-order valence-corrected chi connectivity index (χ4v) is 3.52. The lowest BCUT2D eigenvalue weighted by Crippen LogP contribution is -2.62. The average molecular weight is 282 g/mol. The third-order valence-electron chi connectivity index (χ3n) is 5.00. The third-order valence-corrected chi connectivity index (χ3v) is 5.00. The summed E-state index contributed by atoms with van der Waals surface area (Å²) in [5, 5.41) is 15.8.